The van der Waals surface area contributed by atoms with E-state index in [0.717, 1.165) is 11.3 Å². The second kappa shape index (κ2) is 4.30. The molecular weight excluding hydrogens is 290 g/mol. The molecule has 4 aromatic rings. The van der Waals surface area contributed by atoms with Gasteiger partial charge in [-0.3, -0.25) is 4.79 Å². The quantitative estimate of drug-likeness (QED) is 0.475. The van der Waals surface area contributed by atoms with E-state index in [4.69, 9.17) is 0 Å². The van der Waals surface area contributed by atoms with Gasteiger partial charge in [-0.15, -0.1) is 15.0 Å². The molecule has 0 bridgehead atoms. The number of rotatable bonds is 1. The molecule has 6 heteroatoms. The topological polar surface area (TPSA) is 73.6 Å². The molecule has 0 N–H and O–H groups in total. The first-order valence-corrected chi connectivity index (χ1v) is 7.16. The van der Waals surface area contributed by atoms with E-state index in [9.17, 15) is 4.79 Å². The molecule has 6 nitrogen and oxygen atoms in total. The molecule has 0 radical (unpaired) electrons. The second-order valence-electron chi connectivity index (χ2n) is 5.27. The minimum Gasteiger partial charge on any atom is -0.287 e. The van der Waals surface area contributed by atoms with Gasteiger partial charge in [0, 0.05) is 11.1 Å². The van der Waals surface area contributed by atoms with E-state index in [-0.39, 0.29) is 5.78 Å². The van der Waals surface area contributed by atoms with Crippen LogP contribution in [0.1, 0.15) is 16.1 Å². The fraction of sp³-hybridized carbons (Fsp3) is 0. The Labute approximate surface area is 130 Å². The molecule has 0 unspecified atom stereocenters. The average molecular weight is 299 g/mol. The van der Waals surface area contributed by atoms with Crippen molar-refractivity contribution in [3.8, 4) is 16.9 Å². The lowest BCUT2D eigenvalue weighted by molar-refractivity contribution is 0.103. The Balaban J connectivity index is 1.75. The standard InChI is InChI=1S/C17H9N5O/c23-15-12-9-5-4-8-11(12)13-14(15)19-17-16(18-13)20-22(21-17)10-6-2-1-3-7-10/h1-9H. The molecule has 0 atom stereocenters. The van der Waals surface area contributed by atoms with Crippen LogP contribution in [0.4, 0.5) is 0 Å². The van der Waals surface area contributed by atoms with Crippen LogP contribution in [0.15, 0.2) is 54.6 Å². The molecule has 0 saturated heterocycles. The van der Waals surface area contributed by atoms with E-state index in [1.807, 2.05) is 48.5 Å². The van der Waals surface area contributed by atoms with Crippen LogP contribution < -0.4 is 0 Å². The summed E-state index contributed by atoms with van der Waals surface area (Å²) in [6.45, 7) is 0. The lowest BCUT2D eigenvalue weighted by Gasteiger charge is -1.96. The number of carbonyl (C=O) groups excluding carboxylic acids is 1. The van der Waals surface area contributed by atoms with Gasteiger partial charge in [0.2, 0.25) is 17.1 Å². The average Bonchev–Trinajstić information content (AvgIpc) is 3.14. The van der Waals surface area contributed by atoms with Crippen molar-refractivity contribution in [3.63, 3.8) is 0 Å². The molecule has 0 saturated carbocycles. The molecule has 1 aliphatic carbocycles. The van der Waals surface area contributed by atoms with Gasteiger partial charge in [0.25, 0.3) is 0 Å². The van der Waals surface area contributed by atoms with Gasteiger partial charge in [-0.1, -0.05) is 42.5 Å². The zero-order valence-electron chi connectivity index (χ0n) is 11.8. The minimum absolute atomic E-state index is 0.112. The van der Waals surface area contributed by atoms with Crippen molar-refractivity contribution in [1.29, 1.82) is 0 Å². The number of benzene rings is 2. The van der Waals surface area contributed by atoms with Crippen molar-refractivity contribution in [2.45, 2.75) is 0 Å². The highest BCUT2D eigenvalue weighted by molar-refractivity contribution is 6.20. The van der Waals surface area contributed by atoms with Crippen LogP contribution in [0.5, 0.6) is 0 Å². The molecule has 2 aromatic carbocycles. The zero-order chi connectivity index (χ0) is 15.4. The lowest BCUT2D eigenvalue weighted by Crippen LogP contribution is -2.00. The maximum Gasteiger partial charge on any atom is 0.222 e. The van der Waals surface area contributed by atoms with E-state index >= 15 is 0 Å². The summed E-state index contributed by atoms with van der Waals surface area (Å²) in [5.74, 6) is -0.112. The summed E-state index contributed by atoms with van der Waals surface area (Å²) in [6.07, 6.45) is 0. The molecule has 108 valence electrons. The summed E-state index contributed by atoms with van der Waals surface area (Å²) in [4.78, 5) is 22.8. The number of hydrogen-bond acceptors (Lipinski definition) is 5. The summed E-state index contributed by atoms with van der Waals surface area (Å²) in [6, 6.07) is 16.9. The summed E-state index contributed by atoms with van der Waals surface area (Å²) in [7, 11) is 0. The molecule has 2 heterocycles. The van der Waals surface area contributed by atoms with Crippen LogP contribution in [-0.2, 0) is 0 Å². The molecular formula is C17H9N5O. The van der Waals surface area contributed by atoms with Gasteiger partial charge < -0.3 is 0 Å². The largest absolute Gasteiger partial charge is 0.287 e. The zero-order valence-corrected chi connectivity index (χ0v) is 11.8. The monoisotopic (exact) mass is 299 g/mol. The number of carbonyl (C=O) groups is 1. The van der Waals surface area contributed by atoms with Gasteiger partial charge in [-0.05, 0) is 12.1 Å². The van der Waals surface area contributed by atoms with Crippen LogP contribution in [0.3, 0.4) is 0 Å². The van der Waals surface area contributed by atoms with E-state index in [1.165, 1.54) is 4.80 Å². The van der Waals surface area contributed by atoms with Crippen molar-refractivity contribution in [3.05, 3.63) is 65.9 Å². The third-order valence-electron chi connectivity index (χ3n) is 3.87. The number of nitrogens with zero attached hydrogens (tertiary/aromatic N) is 5. The Bertz CT molecular complexity index is 1080. The molecule has 2 aromatic heterocycles. The Kier molecular flexibility index (Phi) is 2.27. The van der Waals surface area contributed by atoms with Gasteiger partial charge in [0.15, 0.2) is 0 Å². The number of fused-ring (bicyclic) bond motifs is 4. The fourth-order valence-electron chi connectivity index (χ4n) is 2.79. The summed E-state index contributed by atoms with van der Waals surface area (Å²) in [5, 5.41) is 8.72. The molecule has 23 heavy (non-hydrogen) atoms. The number of ketones is 1. The van der Waals surface area contributed by atoms with Crippen molar-refractivity contribution in [2.75, 3.05) is 0 Å². The third-order valence-corrected chi connectivity index (χ3v) is 3.87. The number of hydrogen-bond donors (Lipinski definition) is 0. The SMILES string of the molecule is O=C1c2ccccc2-c2nc3nn(-c4ccccc4)nc3nc21. The summed E-state index contributed by atoms with van der Waals surface area (Å²) >= 11 is 0. The fourth-order valence-corrected chi connectivity index (χ4v) is 2.79. The van der Waals surface area contributed by atoms with Gasteiger partial charge in [-0.2, -0.15) is 0 Å². The Morgan fingerprint density at radius 1 is 0.696 bits per heavy atom. The smallest absolute Gasteiger partial charge is 0.222 e. The van der Waals surface area contributed by atoms with Gasteiger partial charge in [0.1, 0.15) is 11.4 Å². The highest BCUT2D eigenvalue weighted by Crippen LogP contribution is 2.34. The van der Waals surface area contributed by atoms with Crippen LogP contribution >= 0.6 is 0 Å². The Morgan fingerprint density at radius 3 is 2.04 bits per heavy atom. The van der Waals surface area contributed by atoms with Crippen LogP contribution in [0.25, 0.3) is 28.2 Å². The summed E-state index contributed by atoms with van der Waals surface area (Å²) < 4.78 is 0. The van der Waals surface area contributed by atoms with Crippen molar-refractivity contribution in [1.82, 2.24) is 25.0 Å². The summed E-state index contributed by atoms with van der Waals surface area (Å²) in [5.41, 5.74) is 3.98. The first-order valence-electron chi connectivity index (χ1n) is 7.16. The Hall–Kier alpha value is -3.41. The first-order chi connectivity index (χ1) is 11.3. The molecule has 5 rings (SSSR count). The highest BCUT2D eigenvalue weighted by Gasteiger charge is 2.30. The van der Waals surface area contributed by atoms with E-state index in [2.05, 4.69) is 20.2 Å². The van der Waals surface area contributed by atoms with Crippen molar-refractivity contribution < 1.29 is 4.79 Å². The lowest BCUT2D eigenvalue weighted by atomic mass is 10.1. The van der Waals surface area contributed by atoms with Crippen molar-refractivity contribution >= 4 is 17.1 Å². The predicted octanol–water partition coefficient (Wildman–Crippen LogP) is 2.42. The van der Waals surface area contributed by atoms with Crippen LogP contribution in [0, 0.1) is 0 Å². The first kappa shape index (κ1) is 12.2. The maximum absolute atomic E-state index is 12.5. The van der Waals surface area contributed by atoms with E-state index in [1.54, 1.807) is 6.07 Å². The Morgan fingerprint density at radius 2 is 1.30 bits per heavy atom. The minimum atomic E-state index is -0.112. The second-order valence-corrected chi connectivity index (χ2v) is 5.27. The normalized spacial score (nSPS) is 12.4. The molecule has 0 amide bonds. The maximum atomic E-state index is 12.5. The van der Waals surface area contributed by atoms with Gasteiger partial charge in [0.05, 0.1) is 5.69 Å². The molecule has 0 aliphatic heterocycles. The highest BCUT2D eigenvalue weighted by atomic mass is 16.1. The van der Waals surface area contributed by atoms with Crippen LogP contribution in [0.2, 0.25) is 0 Å². The predicted molar refractivity (Wildman–Crippen MR) is 83.3 cm³/mol. The third kappa shape index (κ3) is 1.66. The molecule has 1 aliphatic rings. The number of para-hydroxylation sites is 1. The van der Waals surface area contributed by atoms with Gasteiger partial charge in [-0.25, -0.2) is 9.97 Å². The van der Waals surface area contributed by atoms with Gasteiger partial charge >= 0.3 is 0 Å². The molecule has 0 fully saturated rings. The van der Waals surface area contributed by atoms with Crippen LogP contribution in [-0.4, -0.2) is 30.7 Å². The van der Waals surface area contributed by atoms with E-state index < -0.39 is 0 Å². The van der Waals surface area contributed by atoms with E-state index in [0.29, 0.717) is 28.2 Å². The molecule has 0 spiro atoms. The number of aromatic nitrogens is 5. The van der Waals surface area contributed by atoms with Crippen molar-refractivity contribution in [2.24, 2.45) is 0 Å².